The molecule has 0 radical (unpaired) electrons. The van der Waals surface area contributed by atoms with Gasteiger partial charge in [0, 0.05) is 5.66 Å². The summed E-state index contributed by atoms with van der Waals surface area (Å²) in [6.45, 7) is 3.96. The van der Waals surface area contributed by atoms with Crippen molar-refractivity contribution in [2.75, 3.05) is 0 Å². The zero-order valence-corrected chi connectivity index (χ0v) is 12.2. The number of hydrogen-bond acceptors (Lipinski definition) is 0. The summed E-state index contributed by atoms with van der Waals surface area (Å²) < 4.78 is 0. The van der Waals surface area contributed by atoms with Crippen LogP contribution >= 0.6 is 7.92 Å². The summed E-state index contributed by atoms with van der Waals surface area (Å²) in [5.74, 6) is 0. The Morgan fingerprint density at radius 1 is 0.850 bits per heavy atom. The van der Waals surface area contributed by atoms with E-state index in [0.29, 0.717) is 5.66 Å². The van der Waals surface area contributed by atoms with Crippen molar-refractivity contribution < 1.29 is 0 Å². The highest BCUT2D eigenvalue weighted by Gasteiger charge is 2.25. The van der Waals surface area contributed by atoms with Crippen LogP contribution in [0.15, 0.2) is 97.1 Å². The molecule has 0 fully saturated rings. The van der Waals surface area contributed by atoms with Crippen molar-refractivity contribution in [1.29, 1.82) is 0 Å². The van der Waals surface area contributed by atoms with Gasteiger partial charge in [0.05, 0.1) is 0 Å². The molecule has 1 atom stereocenters. The Balaban J connectivity index is 2.07. The Bertz CT molecular complexity index is 598. The fourth-order valence-electron chi connectivity index (χ4n) is 2.55. The summed E-state index contributed by atoms with van der Waals surface area (Å²) in [5, 5.41) is 2.83. The van der Waals surface area contributed by atoms with Gasteiger partial charge in [-0.3, -0.25) is 0 Å². The molecule has 0 N–H and O–H groups in total. The van der Waals surface area contributed by atoms with E-state index in [1.54, 1.807) is 0 Å². The van der Waals surface area contributed by atoms with Crippen LogP contribution in [0.4, 0.5) is 0 Å². The third-order valence-corrected chi connectivity index (χ3v) is 6.24. The molecule has 0 saturated carbocycles. The first-order chi connectivity index (χ1) is 9.90. The maximum absolute atomic E-state index is 3.96. The summed E-state index contributed by atoms with van der Waals surface area (Å²) in [7, 11) is -0.423. The quantitative estimate of drug-likeness (QED) is 0.735. The number of hydrogen-bond donors (Lipinski definition) is 0. The van der Waals surface area contributed by atoms with Crippen LogP contribution in [0.1, 0.15) is 0 Å². The minimum Gasteiger partial charge on any atom is -0.0988 e. The highest BCUT2D eigenvalue weighted by molar-refractivity contribution is 7.74. The Kier molecular flexibility index (Phi) is 3.95. The molecule has 20 heavy (non-hydrogen) atoms. The van der Waals surface area contributed by atoms with E-state index in [2.05, 4.69) is 85.5 Å². The molecule has 98 valence electrons. The number of allylic oxidation sites excluding steroid dienone is 5. The van der Waals surface area contributed by atoms with E-state index >= 15 is 0 Å². The van der Waals surface area contributed by atoms with Gasteiger partial charge in [0.2, 0.25) is 0 Å². The number of benzene rings is 2. The van der Waals surface area contributed by atoms with Gasteiger partial charge < -0.3 is 0 Å². The van der Waals surface area contributed by atoms with Crippen molar-refractivity contribution in [1.82, 2.24) is 0 Å². The molecule has 0 spiro atoms. The van der Waals surface area contributed by atoms with E-state index < -0.39 is 7.92 Å². The first-order valence-corrected chi connectivity index (χ1v) is 8.21. The fourth-order valence-corrected chi connectivity index (χ4v) is 5.24. The van der Waals surface area contributed by atoms with E-state index in [-0.39, 0.29) is 0 Å². The predicted octanol–water partition coefficient (Wildman–Crippen LogP) is 4.17. The number of rotatable bonds is 4. The molecule has 1 aliphatic carbocycles. The summed E-state index contributed by atoms with van der Waals surface area (Å²) >= 11 is 0. The zero-order chi connectivity index (χ0) is 13.8. The Morgan fingerprint density at radius 3 is 1.90 bits per heavy atom. The van der Waals surface area contributed by atoms with Crippen LogP contribution in [0, 0.1) is 0 Å². The molecule has 2 aromatic carbocycles. The van der Waals surface area contributed by atoms with E-state index in [4.69, 9.17) is 0 Å². The van der Waals surface area contributed by atoms with Gasteiger partial charge >= 0.3 is 0 Å². The van der Waals surface area contributed by atoms with Crippen molar-refractivity contribution in [3.8, 4) is 0 Å². The average molecular weight is 276 g/mol. The third kappa shape index (κ3) is 2.53. The molecule has 1 heteroatoms. The lowest BCUT2D eigenvalue weighted by atomic mass is 10.2. The van der Waals surface area contributed by atoms with Gasteiger partial charge in [-0.1, -0.05) is 91.5 Å². The van der Waals surface area contributed by atoms with Gasteiger partial charge in [0.15, 0.2) is 0 Å². The highest BCUT2D eigenvalue weighted by atomic mass is 31.1. The summed E-state index contributed by atoms with van der Waals surface area (Å²) in [6.07, 6.45) is 8.64. The van der Waals surface area contributed by atoms with Crippen LogP contribution in [-0.2, 0) is 0 Å². The SMILES string of the molecule is C=CC1=CC=CC1P(c1ccccc1)c1ccccc1. The summed E-state index contributed by atoms with van der Waals surface area (Å²) in [6, 6.07) is 21.6. The first-order valence-electron chi connectivity index (χ1n) is 6.80. The molecule has 0 nitrogen and oxygen atoms in total. The zero-order valence-electron chi connectivity index (χ0n) is 11.3. The standard InChI is InChI=1S/C19H17P/c1-2-16-10-9-15-19(16)20(17-11-5-3-6-12-17)18-13-7-4-8-14-18/h2-15,19H,1H2. The highest BCUT2D eigenvalue weighted by Crippen LogP contribution is 2.45. The van der Waals surface area contributed by atoms with Crippen LogP contribution in [0.5, 0.6) is 0 Å². The second-order valence-corrected chi connectivity index (χ2v) is 7.07. The van der Waals surface area contributed by atoms with Gasteiger partial charge in [-0.2, -0.15) is 0 Å². The maximum atomic E-state index is 3.96. The average Bonchev–Trinajstić information content (AvgIpc) is 2.98. The van der Waals surface area contributed by atoms with E-state index in [9.17, 15) is 0 Å². The Morgan fingerprint density at radius 2 is 1.40 bits per heavy atom. The second kappa shape index (κ2) is 6.03. The normalized spacial score (nSPS) is 17.2. The van der Waals surface area contributed by atoms with Gasteiger partial charge in [-0.25, -0.2) is 0 Å². The first kappa shape index (κ1) is 13.1. The van der Waals surface area contributed by atoms with Crippen LogP contribution in [0.3, 0.4) is 0 Å². The minimum atomic E-state index is -0.423. The molecular formula is C19H17P. The maximum Gasteiger partial charge on any atom is 0.0304 e. The van der Waals surface area contributed by atoms with E-state index in [1.165, 1.54) is 16.2 Å². The summed E-state index contributed by atoms with van der Waals surface area (Å²) in [4.78, 5) is 0. The van der Waals surface area contributed by atoms with Crippen molar-refractivity contribution >= 4 is 18.5 Å². The van der Waals surface area contributed by atoms with Gasteiger partial charge in [-0.15, -0.1) is 0 Å². The lowest BCUT2D eigenvalue weighted by Gasteiger charge is -2.25. The Labute approximate surface area is 121 Å². The monoisotopic (exact) mass is 276 g/mol. The minimum absolute atomic E-state index is 0.423. The molecule has 2 aromatic rings. The van der Waals surface area contributed by atoms with Crippen molar-refractivity contribution in [3.63, 3.8) is 0 Å². The van der Waals surface area contributed by atoms with Crippen LogP contribution in [-0.4, -0.2) is 5.66 Å². The molecule has 1 unspecified atom stereocenters. The smallest absolute Gasteiger partial charge is 0.0304 e. The van der Waals surface area contributed by atoms with Crippen LogP contribution < -0.4 is 10.6 Å². The predicted molar refractivity (Wildman–Crippen MR) is 90.3 cm³/mol. The van der Waals surface area contributed by atoms with Gasteiger partial charge in [-0.05, 0) is 24.1 Å². The topological polar surface area (TPSA) is 0 Å². The molecule has 3 rings (SSSR count). The fraction of sp³-hybridized carbons (Fsp3) is 0.0526. The third-order valence-electron chi connectivity index (χ3n) is 3.51. The second-order valence-electron chi connectivity index (χ2n) is 4.74. The van der Waals surface area contributed by atoms with Crippen LogP contribution in [0.2, 0.25) is 0 Å². The van der Waals surface area contributed by atoms with Crippen LogP contribution in [0.25, 0.3) is 0 Å². The molecule has 0 aliphatic heterocycles. The van der Waals surface area contributed by atoms with Crippen molar-refractivity contribution in [3.05, 3.63) is 97.1 Å². The van der Waals surface area contributed by atoms with Gasteiger partial charge in [0.1, 0.15) is 0 Å². The van der Waals surface area contributed by atoms with Crippen molar-refractivity contribution in [2.45, 2.75) is 5.66 Å². The largest absolute Gasteiger partial charge is 0.0988 e. The molecule has 0 heterocycles. The lowest BCUT2D eigenvalue weighted by molar-refractivity contribution is 1.34. The molecule has 0 bridgehead atoms. The van der Waals surface area contributed by atoms with E-state index in [1.807, 2.05) is 6.08 Å². The van der Waals surface area contributed by atoms with Gasteiger partial charge in [0.25, 0.3) is 0 Å². The van der Waals surface area contributed by atoms with Crippen molar-refractivity contribution in [2.24, 2.45) is 0 Å². The summed E-state index contributed by atoms with van der Waals surface area (Å²) in [5.41, 5.74) is 1.76. The molecule has 0 amide bonds. The molecule has 1 aliphatic rings. The lowest BCUT2D eigenvalue weighted by Crippen LogP contribution is -2.20. The van der Waals surface area contributed by atoms with E-state index in [0.717, 1.165) is 0 Å². The molecular weight excluding hydrogens is 259 g/mol. The molecule has 0 aromatic heterocycles. The molecule has 0 saturated heterocycles. The Hall–Kier alpha value is -1.91.